The van der Waals surface area contributed by atoms with Crippen LogP contribution in [0.25, 0.3) is 0 Å². The molecule has 2 aromatic rings. The smallest absolute Gasteiger partial charge is 0.114 e. The van der Waals surface area contributed by atoms with Crippen LogP contribution in [0.3, 0.4) is 0 Å². The molecule has 2 N–H and O–H groups in total. The van der Waals surface area contributed by atoms with Gasteiger partial charge in [0.05, 0.1) is 12.3 Å². The largest absolute Gasteiger partial charge is 0.377 e. The molecule has 4 nitrogen and oxygen atoms in total. The standard InChI is InChI=1S/C17H22N2O2/c1-20-17(16-9-5-6-11-19-16)15(18)10-12-21-13-14-7-3-2-4-8-14/h2-9,11,15,17H,10,12-13,18H2,1H3/t15-,17?/m0/s1. The van der Waals surface area contributed by atoms with Crippen molar-refractivity contribution in [3.8, 4) is 0 Å². The van der Waals surface area contributed by atoms with Crippen LogP contribution in [0.15, 0.2) is 54.7 Å². The van der Waals surface area contributed by atoms with Gasteiger partial charge in [0.1, 0.15) is 6.10 Å². The molecule has 0 aliphatic rings. The molecular weight excluding hydrogens is 264 g/mol. The van der Waals surface area contributed by atoms with Crippen molar-refractivity contribution in [1.29, 1.82) is 0 Å². The molecule has 0 saturated heterocycles. The number of rotatable bonds is 8. The summed E-state index contributed by atoms with van der Waals surface area (Å²) in [5, 5.41) is 0. The second kappa shape index (κ2) is 8.52. The van der Waals surface area contributed by atoms with Crippen LogP contribution in [-0.4, -0.2) is 24.7 Å². The first kappa shape index (κ1) is 15.6. The zero-order valence-corrected chi connectivity index (χ0v) is 12.3. The predicted octanol–water partition coefficient (Wildman–Crippen LogP) is 2.70. The van der Waals surface area contributed by atoms with Crippen LogP contribution in [0.2, 0.25) is 0 Å². The van der Waals surface area contributed by atoms with Crippen LogP contribution < -0.4 is 5.73 Å². The van der Waals surface area contributed by atoms with Gasteiger partial charge >= 0.3 is 0 Å². The van der Waals surface area contributed by atoms with Gasteiger partial charge in [0.25, 0.3) is 0 Å². The van der Waals surface area contributed by atoms with Gasteiger partial charge in [0, 0.05) is 26.0 Å². The monoisotopic (exact) mass is 286 g/mol. The maximum atomic E-state index is 6.19. The van der Waals surface area contributed by atoms with Gasteiger partial charge < -0.3 is 15.2 Å². The van der Waals surface area contributed by atoms with Crippen LogP contribution in [0.1, 0.15) is 23.8 Å². The number of methoxy groups -OCH3 is 1. The summed E-state index contributed by atoms with van der Waals surface area (Å²) in [7, 11) is 1.66. The Morgan fingerprint density at radius 1 is 1.10 bits per heavy atom. The molecule has 0 bridgehead atoms. The summed E-state index contributed by atoms with van der Waals surface area (Å²) in [5.74, 6) is 0. The van der Waals surface area contributed by atoms with Crippen LogP contribution in [0.5, 0.6) is 0 Å². The van der Waals surface area contributed by atoms with Gasteiger partial charge in [-0.3, -0.25) is 4.98 Å². The lowest BCUT2D eigenvalue weighted by Gasteiger charge is -2.22. The summed E-state index contributed by atoms with van der Waals surface area (Å²) in [6, 6.07) is 15.7. The molecular formula is C17H22N2O2. The fourth-order valence-electron chi connectivity index (χ4n) is 2.19. The third-order valence-electron chi connectivity index (χ3n) is 3.33. The maximum Gasteiger partial charge on any atom is 0.114 e. The Balaban J connectivity index is 1.77. The molecule has 4 heteroatoms. The first-order valence-electron chi connectivity index (χ1n) is 7.12. The molecule has 1 heterocycles. The zero-order chi connectivity index (χ0) is 14.9. The molecule has 0 aliphatic heterocycles. The maximum absolute atomic E-state index is 6.19. The Hall–Kier alpha value is -1.75. The number of ether oxygens (including phenoxy) is 2. The molecule has 0 aliphatic carbocycles. The Kier molecular flexibility index (Phi) is 6.34. The number of benzene rings is 1. The van der Waals surface area contributed by atoms with Crippen molar-refractivity contribution < 1.29 is 9.47 Å². The van der Waals surface area contributed by atoms with Gasteiger partial charge in [0.15, 0.2) is 0 Å². The first-order valence-corrected chi connectivity index (χ1v) is 7.12. The molecule has 112 valence electrons. The highest BCUT2D eigenvalue weighted by Crippen LogP contribution is 2.19. The van der Waals surface area contributed by atoms with E-state index in [4.69, 9.17) is 15.2 Å². The van der Waals surface area contributed by atoms with Crippen molar-refractivity contribution in [3.05, 3.63) is 66.0 Å². The van der Waals surface area contributed by atoms with Crippen molar-refractivity contribution in [2.45, 2.75) is 25.2 Å². The Bertz CT molecular complexity index is 505. The van der Waals surface area contributed by atoms with E-state index in [1.165, 1.54) is 5.56 Å². The van der Waals surface area contributed by atoms with Gasteiger partial charge in [-0.15, -0.1) is 0 Å². The lowest BCUT2D eigenvalue weighted by atomic mass is 10.1. The Labute approximate surface area is 125 Å². The number of hydrogen-bond donors (Lipinski definition) is 1. The Morgan fingerprint density at radius 3 is 2.52 bits per heavy atom. The van der Waals surface area contributed by atoms with E-state index in [-0.39, 0.29) is 12.1 Å². The number of nitrogens with zero attached hydrogens (tertiary/aromatic N) is 1. The average molecular weight is 286 g/mol. The zero-order valence-electron chi connectivity index (χ0n) is 12.3. The normalized spacial score (nSPS) is 13.8. The quantitative estimate of drug-likeness (QED) is 0.758. The van der Waals surface area contributed by atoms with Gasteiger partial charge in [0.2, 0.25) is 0 Å². The predicted molar refractivity (Wildman–Crippen MR) is 82.7 cm³/mol. The third kappa shape index (κ3) is 4.93. The first-order chi connectivity index (χ1) is 10.3. The Morgan fingerprint density at radius 2 is 1.86 bits per heavy atom. The van der Waals surface area contributed by atoms with Crippen LogP contribution in [0.4, 0.5) is 0 Å². The number of pyridine rings is 1. The molecule has 0 spiro atoms. The van der Waals surface area contributed by atoms with Gasteiger partial charge in [-0.1, -0.05) is 36.4 Å². The molecule has 0 fully saturated rings. The van der Waals surface area contributed by atoms with Gasteiger partial charge in [-0.05, 0) is 24.1 Å². The number of aromatic nitrogens is 1. The van der Waals surface area contributed by atoms with Crippen molar-refractivity contribution in [2.75, 3.05) is 13.7 Å². The fourth-order valence-corrected chi connectivity index (χ4v) is 2.19. The highest BCUT2D eigenvalue weighted by atomic mass is 16.5. The van der Waals surface area contributed by atoms with E-state index in [9.17, 15) is 0 Å². The second-order valence-corrected chi connectivity index (χ2v) is 4.90. The van der Waals surface area contributed by atoms with Crippen molar-refractivity contribution in [2.24, 2.45) is 5.73 Å². The molecule has 2 rings (SSSR count). The fraction of sp³-hybridized carbons (Fsp3) is 0.353. The summed E-state index contributed by atoms with van der Waals surface area (Å²) in [5.41, 5.74) is 8.22. The molecule has 0 radical (unpaired) electrons. The molecule has 1 unspecified atom stereocenters. The minimum atomic E-state index is -0.202. The van der Waals surface area contributed by atoms with E-state index in [2.05, 4.69) is 4.98 Å². The minimum absolute atomic E-state index is 0.138. The van der Waals surface area contributed by atoms with Crippen molar-refractivity contribution >= 4 is 0 Å². The van der Waals surface area contributed by atoms with Crippen molar-refractivity contribution in [1.82, 2.24) is 4.98 Å². The average Bonchev–Trinajstić information content (AvgIpc) is 2.54. The minimum Gasteiger partial charge on any atom is -0.377 e. The molecule has 0 amide bonds. The number of hydrogen-bond acceptors (Lipinski definition) is 4. The molecule has 1 aromatic carbocycles. The third-order valence-corrected chi connectivity index (χ3v) is 3.33. The highest BCUT2D eigenvalue weighted by Gasteiger charge is 2.20. The van der Waals surface area contributed by atoms with Crippen LogP contribution in [0, 0.1) is 0 Å². The summed E-state index contributed by atoms with van der Waals surface area (Å²) in [4.78, 5) is 4.30. The SMILES string of the molecule is COC(c1ccccn1)[C@@H](N)CCOCc1ccccc1. The van der Waals surface area contributed by atoms with Gasteiger partial charge in [-0.25, -0.2) is 0 Å². The topological polar surface area (TPSA) is 57.4 Å². The van der Waals surface area contributed by atoms with Gasteiger partial charge in [-0.2, -0.15) is 0 Å². The highest BCUT2D eigenvalue weighted by molar-refractivity contribution is 5.13. The van der Waals surface area contributed by atoms with E-state index >= 15 is 0 Å². The second-order valence-electron chi connectivity index (χ2n) is 4.90. The lowest BCUT2D eigenvalue weighted by Crippen LogP contribution is -2.31. The summed E-state index contributed by atoms with van der Waals surface area (Å²) >= 11 is 0. The van der Waals surface area contributed by atoms with Crippen molar-refractivity contribution in [3.63, 3.8) is 0 Å². The van der Waals surface area contributed by atoms with E-state index in [1.807, 2.05) is 48.5 Å². The summed E-state index contributed by atoms with van der Waals surface area (Å²) in [6.07, 6.45) is 2.27. The molecule has 1 aromatic heterocycles. The molecule has 2 atom stereocenters. The van der Waals surface area contributed by atoms with E-state index in [0.29, 0.717) is 13.2 Å². The number of nitrogens with two attached hydrogens (primary N) is 1. The summed E-state index contributed by atoms with van der Waals surface area (Å²) in [6.45, 7) is 1.21. The summed E-state index contributed by atoms with van der Waals surface area (Å²) < 4.78 is 11.1. The van der Waals surface area contributed by atoms with E-state index in [1.54, 1.807) is 13.3 Å². The van der Waals surface area contributed by atoms with E-state index in [0.717, 1.165) is 12.1 Å². The lowest BCUT2D eigenvalue weighted by molar-refractivity contribution is 0.0532. The van der Waals surface area contributed by atoms with Crippen LogP contribution in [-0.2, 0) is 16.1 Å². The van der Waals surface area contributed by atoms with Crippen LogP contribution >= 0.6 is 0 Å². The molecule has 0 saturated carbocycles. The van der Waals surface area contributed by atoms with E-state index < -0.39 is 0 Å². The molecule has 21 heavy (non-hydrogen) atoms.